The first-order chi connectivity index (χ1) is 20.5. The van der Waals surface area contributed by atoms with Crippen molar-refractivity contribution in [2.45, 2.75) is 32.0 Å². The minimum atomic E-state index is -5.16. The van der Waals surface area contributed by atoms with E-state index in [0.29, 0.717) is 0 Å². The van der Waals surface area contributed by atoms with Crippen molar-refractivity contribution in [3.8, 4) is 5.75 Å². The van der Waals surface area contributed by atoms with Gasteiger partial charge in [-0.25, -0.2) is 18.7 Å². The quantitative estimate of drug-likeness (QED) is 0.116. The molecular weight excluding hydrogens is 639 g/mol. The van der Waals surface area contributed by atoms with Gasteiger partial charge in [-0.2, -0.15) is 17.5 Å². The van der Waals surface area contributed by atoms with Crippen LogP contribution in [0.2, 0.25) is 0 Å². The number of rotatable bonds is 11. The standard InChI is InChI=1S/C25H23F3N2O12P2/c1-15-12-30(24(33)29-22(15)31)21-11-10-20(40-21)14-39-44(36,37)42-43(34,35)38-13-16-2-8-19(9-3-16)41-23(32)17-4-6-18(7-5-17)25(26,27)28/h2-12,20-21H,13-14H2,1H3,(H,34,35)(H,36,37)(H,29,31,33)/t20-,21+/m0/s1. The summed E-state index contributed by atoms with van der Waals surface area (Å²) in [5.41, 5.74) is -1.90. The third-order valence-corrected chi connectivity index (χ3v) is 8.39. The molecule has 44 heavy (non-hydrogen) atoms. The van der Waals surface area contributed by atoms with Gasteiger partial charge in [-0.1, -0.05) is 18.2 Å². The van der Waals surface area contributed by atoms with Crippen LogP contribution in [0.4, 0.5) is 13.2 Å². The lowest BCUT2D eigenvalue weighted by Gasteiger charge is -2.19. The van der Waals surface area contributed by atoms with Gasteiger partial charge >= 0.3 is 33.5 Å². The van der Waals surface area contributed by atoms with E-state index in [9.17, 15) is 46.5 Å². The van der Waals surface area contributed by atoms with E-state index < -0.39 is 70.1 Å². The van der Waals surface area contributed by atoms with Crippen molar-refractivity contribution in [1.82, 2.24) is 9.55 Å². The zero-order valence-electron chi connectivity index (χ0n) is 22.4. The summed E-state index contributed by atoms with van der Waals surface area (Å²) < 4.78 is 87.9. The molecule has 2 aromatic carbocycles. The molecule has 1 aliphatic rings. The molecule has 0 saturated carbocycles. The summed E-state index contributed by atoms with van der Waals surface area (Å²) in [5, 5.41) is 0. The number of benzene rings is 2. The van der Waals surface area contributed by atoms with Crippen LogP contribution in [0.15, 0.2) is 76.5 Å². The number of ether oxygens (including phenoxy) is 2. The predicted octanol–water partition coefficient (Wildman–Crippen LogP) is 3.99. The highest BCUT2D eigenvalue weighted by Crippen LogP contribution is 2.60. The maximum Gasteiger partial charge on any atom is 0.481 e. The fraction of sp³-hybridized carbons (Fsp3) is 0.240. The highest BCUT2D eigenvalue weighted by Gasteiger charge is 2.36. The summed E-state index contributed by atoms with van der Waals surface area (Å²) in [7, 11) is -10.3. The van der Waals surface area contributed by atoms with Crippen LogP contribution >= 0.6 is 15.6 Å². The number of alkyl halides is 3. The molecule has 0 saturated heterocycles. The fourth-order valence-electron chi connectivity index (χ4n) is 3.63. The summed E-state index contributed by atoms with van der Waals surface area (Å²) >= 11 is 0. The Hall–Kier alpha value is -3.66. The summed E-state index contributed by atoms with van der Waals surface area (Å²) in [6.45, 7) is 0.263. The second-order valence-corrected chi connectivity index (χ2v) is 12.2. The van der Waals surface area contributed by atoms with E-state index in [1.165, 1.54) is 49.5 Å². The number of carbonyl (C=O) groups excluding carboxylic acids is 1. The Morgan fingerprint density at radius 3 is 2.27 bits per heavy atom. The van der Waals surface area contributed by atoms with E-state index in [2.05, 4.69) is 9.29 Å². The van der Waals surface area contributed by atoms with Crippen LogP contribution in [-0.4, -0.2) is 38.0 Å². The Kier molecular flexibility index (Phi) is 9.93. The first-order valence-electron chi connectivity index (χ1n) is 12.3. The SMILES string of the molecule is Cc1cn([C@H]2C=C[C@@H](COP(=O)(O)OP(=O)(O)OCc3ccc(OC(=O)c4ccc(C(F)(F)F)cc4)cc3)O2)c(=O)[nH]c1=O. The average Bonchev–Trinajstić information content (AvgIpc) is 3.42. The lowest BCUT2D eigenvalue weighted by Crippen LogP contribution is -2.33. The summed E-state index contributed by atoms with van der Waals surface area (Å²) in [5.74, 6) is -0.926. The highest BCUT2D eigenvalue weighted by atomic mass is 31.3. The van der Waals surface area contributed by atoms with E-state index in [1.54, 1.807) is 0 Å². The van der Waals surface area contributed by atoms with Crippen molar-refractivity contribution < 1.29 is 59.7 Å². The molecule has 0 radical (unpaired) electrons. The number of H-pyrrole nitrogens is 1. The molecule has 2 heterocycles. The number of aromatic nitrogens is 2. The summed E-state index contributed by atoms with van der Waals surface area (Å²) in [6.07, 6.45) is -2.39. The molecule has 4 rings (SSSR count). The number of halogens is 3. The number of aryl methyl sites for hydroxylation is 1. The van der Waals surface area contributed by atoms with Gasteiger partial charge < -0.3 is 19.3 Å². The Morgan fingerprint density at radius 1 is 1.00 bits per heavy atom. The van der Waals surface area contributed by atoms with Gasteiger partial charge in [0.2, 0.25) is 0 Å². The molecule has 4 atom stereocenters. The monoisotopic (exact) mass is 662 g/mol. The Bertz CT molecular complexity index is 1750. The lowest BCUT2D eigenvalue weighted by atomic mass is 10.1. The third kappa shape index (κ3) is 8.94. The summed E-state index contributed by atoms with van der Waals surface area (Å²) in [6, 6.07) is 8.57. The van der Waals surface area contributed by atoms with E-state index in [4.69, 9.17) is 18.5 Å². The molecule has 0 fully saturated rings. The van der Waals surface area contributed by atoms with Crippen molar-refractivity contribution in [3.05, 3.63) is 110 Å². The molecule has 2 unspecified atom stereocenters. The molecule has 14 nitrogen and oxygen atoms in total. The number of aromatic amines is 1. The van der Waals surface area contributed by atoms with Crippen LogP contribution in [0.25, 0.3) is 0 Å². The largest absolute Gasteiger partial charge is 0.481 e. The molecule has 1 aliphatic heterocycles. The van der Waals surface area contributed by atoms with Gasteiger partial charge in [-0.3, -0.25) is 23.4 Å². The van der Waals surface area contributed by atoms with Crippen LogP contribution in [0.3, 0.4) is 0 Å². The first-order valence-corrected chi connectivity index (χ1v) is 15.3. The van der Waals surface area contributed by atoms with Crippen LogP contribution in [0.5, 0.6) is 5.75 Å². The molecule has 1 aromatic heterocycles. The smallest absolute Gasteiger partial charge is 0.423 e. The van der Waals surface area contributed by atoms with Crippen molar-refractivity contribution >= 4 is 21.6 Å². The highest BCUT2D eigenvalue weighted by molar-refractivity contribution is 7.61. The molecular formula is C25H23F3N2O12P2. The summed E-state index contributed by atoms with van der Waals surface area (Å²) in [4.78, 5) is 57.6. The molecule has 3 aromatic rings. The molecule has 236 valence electrons. The van der Waals surface area contributed by atoms with Gasteiger partial charge in [-0.05, 0) is 55.0 Å². The number of nitrogens with zero attached hydrogens (tertiary/aromatic N) is 1. The predicted molar refractivity (Wildman–Crippen MR) is 143 cm³/mol. The normalized spacial score (nSPS) is 19.3. The van der Waals surface area contributed by atoms with Crippen LogP contribution in [0.1, 0.15) is 33.3 Å². The number of hydrogen-bond donors (Lipinski definition) is 3. The van der Waals surface area contributed by atoms with Crippen LogP contribution in [-0.2, 0) is 40.0 Å². The number of carbonyl (C=O) groups is 1. The van der Waals surface area contributed by atoms with E-state index >= 15 is 0 Å². The Labute approximate surface area is 245 Å². The average molecular weight is 662 g/mol. The second kappa shape index (κ2) is 13.1. The van der Waals surface area contributed by atoms with Gasteiger partial charge in [0.15, 0.2) is 6.23 Å². The second-order valence-electron chi connectivity index (χ2n) is 9.13. The van der Waals surface area contributed by atoms with Crippen molar-refractivity contribution in [1.29, 1.82) is 0 Å². The minimum absolute atomic E-state index is 0.00122. The topological polar surface area (TPSA) is 193 Å². The van der Waals surface area contributed by atoms with Crippen LogP contribution in [0, 0.1) is 6.92 Å². The van der Waals surface area contributed by atoms with Crippen molar-refractivity contribution in [3.63, 3.8) is 0 Å². The molecule has 0 bridgehead atoms. The van der Waals surface area contributed by atoms with Gasteiger partial charge in [0.25, 0.3) is 5.56 Å². The van der Waals surface area contributed by atoms with E-state index in [-0.39, 0.29) is 22.4 Å². The van der Waals surface area contributed by atoms with Gasteiger partial charge in [0, 0.05) is 11.8 Å². The van der Waals surface area contributed by atoms with E-state index in [1.807, 2.05) is 0 Å². The van der Waals surface area contributed by atoms with Gasteiger partial charge in [0.05, 0.1) is 24.3 Å². The molecule has 0 amide bonds. The van der Waals surface area contributed by atoms with Crippen molar-refractivity contribution in [2.24, 2.45) is 0 Å². The number of hydrogen-bond acceptors (Lipinski definition) is 10. The number of phosphoric acid groups is 2. The molecule has 3 N–H and O–H groups in total. The Morgan fingerprint density at radius 2 is 1.64 bits per heavy atom. The first kappa shape index (κ1) is 33.2. The maximum atomic E-state index is 12.7. The number of nitrogens with one attached hydrogen (secondary N) is 1. The lowest BCUT2D eigenvalue weighted by molar-refractivity contribution is -0.137. The van der Waals surface area contributed by atoms with Gasteiger partial charge in [-0.15, -0.1) is 0 Å². The third-order valence-electron chi connectivity index (χ3n) is 5.81. The Balaban J connectivity index is 1.24. The molecule has 0 aliphatic carbocycles. The van der Waals surface area contributed by atoms with Crippen LogP contribution < -0.4 is 16.0 Å². The molecule has 19 heteroatoms. The van der Waals surface area contributed by atoms with E-state index in [0.717, 1.165) is 28.8 Å². The zero-order valence-corrected chi connectivity index (χ0v) is 24.2. The fourth-order valence-corrected chi connectivity index (χ4v) is 5.70. The van der Waals surface area contributed by atoms with Crippen molar-refractivity contribution in [2.75, 3.05) is 6.61 Å². The molecule has 0 spiro atoms. The number of esters is 1. The maximum absolute atomic E-state index is 12.7. The van der Waals surface area contributed by atoms with Gasteiger partial charge in [0.1, 0.15) is 11.9 Å². The minimum Gasteiger partial charge on any atom is -0.423 e. The zero-order chi connectivity index (χ0) is 32.3. The number of phosphoric ester groups is 2.